The lowest BCUT2D eigenvalue weighted by atomic mass is 9.99. The van der Waals surface area contributed by atoms with Gasteiger partial charge in [0.05, 0.1) is 5.52 Å². The van der Waals surface area contributed by atoms with E-state index in [1.165, 1.54) is 11.0 Å². The van der Waals surface area contributed by atoms with Crippen LogP contribution in [0.4, 0.5) is 0 Å². The molecule has 2 heterocycles. The van der Waals surface area contributed by atoms with Crippen LogP contribution in [0.1, 0.15) is 19.8 Å². The number of carboxylic acid groups (broad SMARTS) is 1. The molecule has 2 aromatic rings. The number of likely N-dealkylation sites (tertiary alicyclic amines) is 1. The summed E-state index contributed by atoms with van der Waals surface area (Å²) in [5, 5.41) is 9.97. The number of nitrogens with zero attached hydrogens (tertiary/aromatic N) is 2. The first-order chi connectivity index (χ1) is 10.9. The molecule has 1 unspecified atom stereocenters. The predicted molar refractivity (Wildman–Crippen MR) is 85.2 cm³/mol. The maximum Gasteiger partial charge on any atom is 0.329 e. The van der Waals surface area contributed by atoms with Crippen LogP contribution in [0.5, 0.6) is 0 Å². The van der Waals surface area contributed by atoms with Gasteiger partial charge in [-0.3, -0.25) is 9.59 Å². The molecule has 1 aliphatic rings. The monoisotopic (exact) mass is 314 g/mol. The van der Waals surface area contributed by atoms with E-state index in [2.05, 4.69) is 0 Å². The van der Waals surface area contributed by atoms with Gasteiger partial charge in [-0.15, -0.1) is 0 Å². The van der Waals surface area contributed by atoms with Gasteiger partial charge in [-0.05, 0) is 31.9 Å². The summed E-state index contributed by atoms with van der Waals surface area (Å²) in [6.07, 6.45) is 2.72. The second-order valence-electron chi connectivity index (χ2n) is 6.05. The highest BCUT2D eigenvalue weighted by Gasteiger charge is 2.45. The molecule has 3 rings (SSSR count). The average molecular weight is 314 g/mol. The van der Waals surface area contributed by atoms with Crippen molar-refractivity contribution in [3.63, 3.8) is 0 Å². The number of para-hydroxylation sites is 1. The van der Waals surface area contributed by atoms with Crippen molar-refractivity contribution in [1.29, 1.82) is 0 Å². The molecular weight excluding hydrogens is 296 g/mol. The van der Waals surface area contributed by atoms with Crippen LogP contribution >= 0.6 is 0 Å². The van der Waals surface area contributed by atoms with Gasteiger partial charge in [-0.2, -0.15) is 0 Å². The van der Waals surface area contributed by atoms with Gasteiger partial charge in [0.2, 0.25) is 5.91 Å². The molecule has 1 aromatic heterocycles. The summed E-state index contributed by atoms with van der Waals surface area (Å²) in [6.45, 7) is 2.05. The van der Waals surface area contributed by atoms with E-state index < -0.39 is 11.5 Å². The van der Waals surface area contributed by atoms with Crippen molar-refractivity contribution in [1.82, 2.24) is 9.47 Å². The fourth-order valence-electron chi connectivity index (χ4n) is 3.21. The zero-order valence-corrected chi connectivity index (χ0v) is 12.9. The number of carbonyl (C=O) groups is 2. The topological polar surface area (TPSA) is 79.6 Å². The van der Waals surface area contributed by atoms with Crippen molar-refractivity contribution in [3.05, 3.63) is 46.8 Å². The van der Waals surface area contributed by atoms with Gasteiger partial charge in [0.1, 0.15) is 12.1 Å². The maximum absolute atomic E-state index is 12.6. The minimum absolute atomic E-state index is 0.0175. The minimum Gasteiger partial charge on any atom is -0.480 e. The second kappa shape index (κ2) is 5.53. The maximum atomic E-state index is 12.6. The van der Waals surface area contributed by atoms with Crippen LogP contribution in [0.2, 0.25) is 0 Å². The van der Waals surface area contributed by atoms with Crippen molar-refractivity contribution in [2.75, 3.05) is 6.54 Å². The first-order valence-electron chi connectivity index (χ1n) is 7.55. The first kappa shape index (κ1) is 15.3. The Hall–Kier alpha value is -2.63. The second-order valence-corrected chi connectivity index (χ2v) is 6.05. The summed E-state index contributed by atoms with van der Waals surface area (Å²) in [5.74, 6) is -1.23. The molecule has 1 aromatic carbocycles. The van der Waals surface area contributed by atoms with Crippen LogP contribution < -0.4 is 5.43 Å². The van der Waals surface area contributed by atoms with Crippen LogP contribution in [-0.4, -0.2) is 38.5 Å². The lowest BCUT2D eigenvalue weighted by molar-refractivity contribution is -0.155. The van der Waals surface area contributed by atoms with Crippen LogP contribution in [0.15, 0.2) is 41.3 Å². The molecular formula is C17H18N2O4. The summed E-state index contributed by atoms with van der Waals surface area (Å²) < 4.78 is 1.69. The molecule has 6 heteroatoms. The number of aromatic nitrogens is 1. The molecule has 1 saturated heterocycles. The summed E-state index contributed by atoms with van der Waals surface area (Å²) in [6, 6.07) is 8.51. The number of rotatable bonds is 3. The third kappa shape index (κ3) is 2.50. The zero-order chi connectivity index (χ0) is 16.6. The molecule has 1 atom stereocenters. The molecule has 1 N–H and O–H groups in total. The van der Waals surface area contributed by atoms with Crippen LogP contribution in [0.3, 0.4) is 0 Å². The van der Waals surface area contributed by atoms with E-state index >= 15 is 0 Å². The lowest BCUT2D eigenvalue weighted by Crippen LogP contribution is -2.51. The van der Waals surface area contributed by atoms with E-state index in [4.69, 9.17) is 0 Å². The van der Waals surface area contributed by atoms with Gasteiger partial charge in [-0.1, -0.05) is 12.1 Å². The molecule has 1 fully saturated rings. The van der Waals surface area contributed by atoms with Crippen molar-refractivity contribution in [3.8, 4) is 0 Å². The SMILES string of the molecule is CC1(C(=O)O)CCCN1C(=O)Cn1ccc(=O)c2ccccc21. The molecule has 120 valence electrons. The van der Waals surface area contributed by atoms with Gasteiger partial charge in [0, 0.05) is 24.2 Å². The number of hydrogen-bond acceptors (Lipinski definition) is 3. The van der Waals surface area contributed by atoms with Gasteiger partial charge < -0.3 is 14.6 Å². The molecule has 1 aliphatic heterocycles. The fourth-order valence-corrected chi connectivity index (χ4v) is 3.21. The van der Waals surface area contributed by atoms with Crippen molar-refractivity contribution < 1.29 is 14.7 Å². The van der Waals surface area contributed by atoms with E-state index in [1.807, 2.05) is 0 Å². The first-order valence-corrected chi connectivity index (χ1v) is 7.55. The highest BCUT2D eigenvalue weighted by Crippen LogP contribution is 2.29. The van der Waals surface area contributed by atoms with Gasteiger partial charge in [0.15, 0.2) is 5.43 Å². The Labute approximate surface area is 132 Å². The van der Waals surface area contributed by atoms with E-state index in [-0.39, 0.29) is 17.9 Å². The highest BCUT2D eigenvalue weighted by atomic mass is 16.4. The molecule has 0 aliphatic carbocycles. The number of carboxylic acids is 1. The number of fused-ring (bicyclic) bond motifs is 1. The minimum atomic E-state index is -1.15. The quantitative estimate of drug-likeness (QED) is 0.930. The van der Waals surface area contributed by atoms with Crippen LogP contribution in [0, 0.1) is 0 Å². The van der Waals surface area contributed by atoms with Gasteiger partial charge in [0.25, 0.3) is 0 Å². The number of hydrogen-bond donors (Lipinski definition) is 1. The Balaban J connectivity index is 1.94. The van der Waals surface area contributed by atoms with E-state index in [0.717, 1.165) is 0 Å². The summed E-state index contributed by atoms with van der Waals surface area (Å²) in [7, 11) is 0. The zero-order valence-electron chi connectivity index (χ0n) is 12.9. The van der Waals surface area contributed by atoms with Crippen LogP contribution in [-0.2, 0) is 16.1 Å². The largest absolute Gasteiger partial charge is 0.480 e. The van der Waals surface area contributed by atoms with E-state index in [9.17, 15) is 19.5 Å². The summed E-state index contributed by atoms with van der Waals surface area (Å²) >= 11 is 0. The van der Waals surface area contributed by atoms with Crippen molar-refractivity contribution in [2.24, 2.45) is 0 Å². The lowest BCUT2D eigenvalue weighted by Gasteiger charge is -2.31. The normalized spacial score (nSPS) is 20.8. The van der Waals surface area contributed by atoms with Crippen molar-refractivity contribution >= 4 is 22.8 Å². The number of benzene rings is 1. The molecule has 6 nitrogen and oxygen atoms in total. The average Bonchev–Trinajstić information content (AvgIpc) is 2.94. The Morgan fingerprint density at radius 2 is 2.00 bits per heavy atom. The molecule has 0 spiro atoms. The Bertz CT molecular complexity index is 842. The smallest absolute Gasteiger partial charge is 0.329 e. The fraction of sp³-hybridized carbons (Fsp3) is 0.353. The Kier molecular flexibility index (Phi) is 3.67. The molecule has 23 heavy (non-hydrogen) atoms. The van der Waals surface area contributed by atoms with Gasteiger partial charge in [-0.25, -0.2) is 4.79 Å². The van der Waals surface area contributed by atoms with Crippen LogP contribution in [0.25, 0.3) is 10.9 Å². The summed E-state index contributed by atoms with van der Waals surface area (Å²) in [4.78, 5) is 37.4. The third-order valence-electron chi connectivity index (χ3n) is 4.59. The predicted octanol–water partition coefficient (Wildman–Crippen LogP) is 1.47. The summed E-state index contributed by atoms with van der Waals surface area (Å²) in [5.41, 5.74) is -0.572. The third-order valence-corrected chi connectivity index (χ3v) is 4.59. The van der Waals surface area contributed by atoms with E-state index in [0.29, 0.717) is 30.3 Å². The van der Waals surface area contributed by atoms with E-state index in [1.54, 1.807) is 42.0 Å². The number of carbonyl (C=O) groups excluding carboxylic acids is 1. The standard InChI is InChI=1S/C17H18N2O4/c1-17(16(22)23)8-4-9-19(17)15(21)11-18-10-7-14(20)12-5-2-3-6-13(12)18/h2-3,5-7,10H,4,8-9,11H2,1H3,(H,22,23). The number of pyridine rings is 1. The Morgan fingerprint density at radius 1 is 1.26 bits per heavy atom. The van der Waals surface area contributed by atoms with Crippen molar-refractivity contribution in [2.45, 2.75) is 31.8 Å². The molecule has 0 bridgehead atoms. The molecule has 0 radical (unpaired) electrons. The Morgan fingerprint density at radius 3 is 2.74 bits per heavy atom. The molecule has 0 saturated carbocycles. The number of amides is 1. The highest BCUT2D eigenvalue weighted by molar-refractivity contribution is 5.88. The van der Waals surface area contributed by atoms with Gasteiger partial charge >= 0.3 is 5.97 Å². The number of aliphatic carboxylic acids is 1. The molecule has 1 amide bonds.